The van der Waals surface area contributed by atoms with Crippen molar-refractivity contribution in [1.82, 2.24) is 0 Å². The van der Waals surface area contributed by atoms with Gasteiger partial charge in [0.05, 0.1) is 0 Å². The second kappa shape index (κ2) is 5.43. The van der Waals surface area contributed by atoms with Crippen molar-refractivity contribution in [2.75, 3.05) is 0 Å². The number of azo groups is 1. The Hall–Kier alpha value is -1.19. The minimum absolute atomic E-state index is 0.161. The van der Waals surface area contributed by atoms with Gasteiger partial charge in [-0.15, -0.1) is 11.3 Å². The van der Waals surface area contributed by atoms with Crippen LogP contribution in [0.15, 0.2) is 52.0 Å². The van der Waals surface area contributed by atoms with E-state index in [1.807, 2.05) is 12.1 Å². The smallest absolute Gasteiger partial charge is 0.110 e. The van der Waals surface area contributed by atoms with Gasteiger partial charge in [-0.25, -0.2) is 0 Å². The first-order valence-electron chi connectivity index (χ1n) is 6.48. The van der Waals surface area contributed by atoms with Gasteiger partial charge in [0.1, 0.15) is 12.1 Å². The van der Waals surface area contributed by atoms with Crippen molar-refractivity contribution in [2.45, 2.75) is 25.4 Å². The van der Waals surface area contributed by atoms with Crippen LogP contribution in [0, 0.1) is 5.92 Å². The Morgan fingerprint density at radius 2 is 1.84 bits per heavy atom. The molecule has 0 aliphatic carbocycles. The van der Waals surface area contributed by atoms with E-state index in [4.69, 9.17) is 11.6 Å². The van der Waals surface area contributed by atoms with Gasteiger partial charge in [-0.1, -0.05) is 36.7 Å². The molecule has 19 heavy (non-hydrogen) atoms. The highest BCUT2D eigenvalue weighted by atomic mass is 35.5. The first kappa shape index (κ1) is 12.8. The summed E-state index contributed by atoms with van der Waals surface area (Å²) in [5.41, 5.74) is 1.21. The minimum atomic E-state index is 0.161. The number of benzene rings is 1. The van der Waals surface area contributed by atoms with E-state index in [9.17, 15) is 0 Å². The lowest BCUT2D eigenvalue weighted by molar-refractivity contribution is 0.413. The predicted octanol–water partition coefficient (Wildman–Crippen LogP) is 5.68. The highest BCUT2D eigenvalue weighted by molar-refractivity contribution is 7.10. The molecular formula is C15H15ClN2S. The highest BCUT2D eigenvalue weighted by Crippen LogP contribution is 2.46. The van der Waals surface area contributed by atoms with Gasteiger partial charge >= 0.3 is 0 Å². The molecule has 0 saturated carbocycles. The third-order valence-electron chi connectivity index (χ3n) is 3.64. The standard InChI is InChI=1S/C15H15ClN2S/c1-2-12-14(10-5-7-11(16)8-6-10)17-18-15(12)13-4-3-9-19-13/h3-9,12,14-15H,2H2,1H3. The van der Waals surface area contributed by atoms with Crippen LogP contribution >= 0.6 is 22.9 Å². The molecule has 4 heteroatoms. The summed E-state index contributed by atoms with van der Waals surface area (Å²) in [6.45, 7) is 2.21. The Kier molecular flexibility index (Phi) is 3.67. The molecule has 3 atom stereocenters. The number of hydrogen-bond donors (Lipinski definition) is 0. The van der Waals surface area contributed by atoms with Crippen molar-refractivity contribution in [2.24, 2.45) is 16.1 Å². The van der Waals surface area contributed by atoms with E-state index in [-0.39, 0.29) is 12.1 Å². The molecule has 2 aromatic rings. The Balaban J connectivity index is 1.88. The van der Waals surface area contributed by atoms with Crippen molar-refractivity contribution < 1.29 is 0 Å². The lowest BCUT2D eigenvalue weighted by Crippen LogP contribution is -2.12. The summed E-state index contributed by atoms with van der Waals surface area (Å²) in [6, 6.07) is 12.6. The Bertz CT molecular complexity index is 562. The molecule has 0 bridgehead atoms. The van der Waals surface area contributed by atoms with Crippen LogP contribution in [0.2, 0.25) is 5.02 Å². The molecule has 0 radical (unpaired) electrons. The molecular weight excluding hydrogens is 276 g/mol. The van der Waals surface area contributed by atoms with Crippen LogP contribution in [-0.2, 0) is 0 Å². The van der Waals surface area contributed by atoms with Gasteiger partial charge in [-0.3, -0.25) is 0 Å². The molecule has 3 unspecified atom stereocenters. The van der Waals surface area contributed by atoms with E-state index in [0.717, 1.165) is 11.4 Å². The Labute approximate surface area is 122 Å². The maximum atomic E-state index is 5.95. The van der Waals surface area contributed by atoms with Gasteiger partial charge in [0, 0.05) is 15.8 Å². The Morgan fingerprint density at radius 1 is 1.11 bits per heavy atom. The molecule has 0 fully saturated rings. The molecule has 1 aromatic heterocycles. The van der Waals surface area contributed by atoms with Crippen molar-refractivity contribution in [1.29, 1.82) is 0 Å². The summed E-state index contributed by atoms with van der Waals surface area (Å²) < 4.78 is 0. The first-order valence-corrected chi connectivity index (χ1v) is 7.74. The fourth-order valence-corrected chi connectivity index (χ4v) is 3.59. The third kappa shape index (κ3) is 2.45. The minimum Gasteiger partial charge on any atom is -0.185 e. The molecule has 0 N–H and O–H groups in total. The Morgan fingerprint density at radius 3 is 2.47 bits per heavy atom. The zero-order chi connectivity index (χ0) is 13.2. The van der Waals surface area contributed by atoms with Crippen LogP contribution in [0.5, 0.6) is 0 Å². The number of nitrogens with zero attached hydrogens (tertiary/aromatic N) is 2. The van der Waals surface area contributed by atoms with Gasteiger partial charge in [-0.05, 0) is 35.6 Å². The second-order valence-electron chi connectivity index (χ2n) is 4.76. The van der Waals surface area contributed by atoms with Crippen molar-refractivity contribution in [3.05, 3.63) is 57.2 Å². The van der Waals surface area contributed by atoms with E-state index in [1.165, 1.54) is 10.4 Å². The molecule has 1 aromatic carbocycles. The molecule has 2 nitrogen and oxygen atoms in total. The number of hydrogen-bond acceptors (Lipinski definition) is 3. The topological polar surface area (TPSA) is 24.7 Å². The SMILES string of the molecule is CCC1C(c2ccc(Cl)cc2)N=NC1c1cccs1. The molecule has 0 spiro atoms. The summed E-state index contributed by atoms with van der Waals surface area (Å²) in [5, 5.41) is 11.9. The number of thiophene rings is 1. The lowest BCUT2D eigenvalue weighted by Gasteiger charge is -2.19. The van der Waals surface area contributed by atoms with Crippen LogP contribution in [0.25, 0.3) is 0 Å². The second-order valence-corrected chi connectivity index (χ2v) is 6.18. The van der Waals surface area contributed by atoms with Crippen LogP contribution in [0.3, 0.4) is 0 Å². The maximum absolute atomic E-state index is 5.95. The van der Waals surface area contributed by atoms with E-state index >= 15 is 0 Å². The normalized spacial score (nSPS) is 25.9. The van der Waals surface area contributed by atoms with Crippen molar-refractivity contribution in [3.8, 4) is 0 Å². The highest BCUT2D eigenvalue weighted by Gasteiger charge is 2.35. The average Bonchev–Trinajstić information content (AvgIpc) is 3.08. The molecule has 0 amide bonds. The number of halogens is 1. The van der Waals surface area contributed by atoms with Crippen LogP contribution in [-0.4, -0.2) is 0 Å². The quantitative estimate of drug-likeness (QED) is 0.695. The monoisotopic (exact) mass is 290 g/mol. The maximum Gasteiger partial charge on any atom is 0.110 e. The molecule has 2 heterocycles. The van der Waals surface area contributed by atoms with Gasteiger partial charge < -0.3 is 0 Å². The van der Waals surface area contributed by atoms with Crippen LogP contribution in [0.1, 0.15) is 35.9 Å². The average molecular weight is 291 g/mol. The summed E-state index contributed by atoms with van der Waals surface area (Å²) in [5.74, 6) is 0.444. The summed E-state index contributed by atoms with van der Waals surface area (Å²) in [6.07, 6.45) is 1.07. The fourth-order valence-electron chi connectivity index (χ4n) is 2.64. The summed E-state index contributed by atoms with van der Waals surface area (Å²) in [7, 11) is 0. The lowest BCUT2D eigenvalue weighted by atomic mass is 9.86. The molecule has 98 valence electrons. The summed E-state index contributed by atoms with van der Waals surface area (Å²) in [4.78, 5) is 1.31. The van der Waals surface area contributed by atoms with Crippen molar-refractivity contribution in [3.63, 3.8) is 0 Å². The van der Waals surface area contributed by atoms with E-state index < -0.39 is 0 Å². The molecule has 1 aliphatic heterocycles. The van der Waals surface area contributed by atoms with Crippen LogP contribution in [0.4, 0.5) is 0 Å². The summed E-state index contributed by atoms with van der Waals surface area (Å²) >= 11 is 7.71. The van der Waals surface area contributed by atoms with Gasteiger partial charge in [0.15, 0.2) is 0 Å². The zero-order valence-corrected chi connectivity index (χ0v) is 12.2. The van der Waals surface area contributed by atoms with Gasteiger partial charge in [0.25, 0.3) is 0 Å². The molecule has 3 rings (SSSR count). The van der Waals surface area contributed by atoms with Gasteiger partial charge in [-0.2, -0.15) is 10.2 Å². The van der Waals surface area contributed by atoms with Crippen LogP contribution < -0.4 is 0 Å². The number of rotatable bonds is 3. The predicted molar refractivity (Wildman–Crippen MR) is 79.9 cm³/mol. The third-order valence-corrected chi connectivity index (χ3v) is 4.84. The zero-order valence-electron chi connectivity index (χ0n) is 10.7. The van der Waals surface area contributed by atoms with E-state index in [0.29, 0.717) is 5.92 Å². The van der Waals surface area contributed by atoms with Gasteiger partial charge in [0.2, 0.25) is 0 Å². The van der Waals surface area contributed by atoms with E-state index in [2.05, 4.69) is 46.8 Å². The first-order chi connectivity index (χ1) is 9.29. The molecule has 0 saturated heterocycles. The largest absolute Gasteiger partial charge is 0.185 e. The van der Waals surface area contributed by atoms with E-state index in [1.54, 1.807) is 11.3 Å². The molecule has 1 aliphatic rings. The van der Waals surface area contributed by atoms with Crippen molar-refractivity contribution >= 4 is 22.9 Å². The fraction of sp³-hybridized carbons (Fsp3) is 0.333.